The Morgan fingerprint density at radius 1 is 1.00 bits per heavy atom. The molecule has 0 aliphatic carbocycles. The van der Waals surface area contributed by atoms with Crippen LogP contribution < -0.4 is 19.5 Å². The SMILES string of the molecule is COc1ccc(CCN2CCC3c4cc(OC)c(OC)cc4CNC3C2)cc1. The van der Waals surface area contributed by atoms with Crippen LogP contribution >= 0.6 is 0 Å². The second-order valence-electron chi connectivity index (χ2n) is 7.69. The Bertz CT molecular complexity index is 806. The highest BCUT2D eigenvalue weighted by molar-refractivity contribution is 5.50. The molecule has 0 spiro atoms. The van der Waals surface area contributed by atoms with Crippen LogP contribution in [0.15, 0.2) is 36.4 Å². The van der Waals surface area contributed by atoms with Crippen LogP contribution in [0, 0.1) is 0 Å². The van der Waals surface area contributed by atoms with Gasteiger partial charge in [0.05, 0.1) is 21.3 Å². The fourth-order valence-corrected chi connectivity index (χ4v) is 4.56. The largest absolute Gasteiger partial charge is 0.497 e. The summed E-state index contributed by atoms with van der Waals surface area (Å²) in [5, 5.41) is 3.75. The van der Waals surface area contributed by atoms with Gasteiger partial charge >= 0.3 is 0 Å². The smallest absolute Gasteiger partial charge is 0.161 e. The third kappa shape index (κ3) is 3.82. The first-order valence-corrected chi connectivity index (χ1v) is 10.0. The number of hydrogen-bond acceptors (Lipinski definition) is 5. The van der Waals surface area contributed by atoms with Crippen molar-refractivity contribution in [2.75, 3.05) is 41.0 Å². The van der Waals surface area contributed by atoms with Crippen molar-refractivity contribution in [1.29, 1.82) is 0 Å². The minimum atomic E-state index is 0.496. The van der Waals surface area contributed by atoms with Gasteiger partial charge in [0.1, 0.15) is 5.75 Å². The van der Waals surface area contributed by atoms with Gasteiger partial charge < -0.3 is 24.4 Å². The van der Waals surface area contributed by atoms with E-state index in [1.165, 1.54) is 23.1 Å². The molecular formula is C23H30N2O3. The molecule has 2 aliphatic rings. The minimum absolute atomic E-state index is 0.496. The normalized spacial score (nSPS) is 21.5. The Morgan fingerprint density at radius 2 is 1.75 bits per heavy atom. The lowest BCUT2D eigenvalue weighted by atomic mass is 9.80. The molecule has 1 fully saturated rings. The molecule has 4 rings (SSSR count). The number of likely N-dealkylation sites (tertiary alicyclic amines) is 1. The maximum atomic E-state index is 5.54. The highest BCUT2D eigenvalue weighted by Gasteiger charge is 2.35. The summed E-state index contributed by atoms with van der Waals surface area (Å²) in [6, 6.07) is 13.2. The van der Waals surface area contributed by atoms with Crippen molar-refractivity contribution in [3.63, 3.8) is 0 Å². The first-order chi connectivity index (χ1) is 13.7. The van der Waals surface area contributed by atoms with E-state index in [0.29, 0.717) is 12.0 Å². The van der Waals surface area contributed by atoms with Gasteiger partial charge in [0, 0.05) is 31.6 Å². The van der Waals surface area contributed by atoms with E-state index >= 15 is 0 Å². The van der Waals surface area contributed by atoms with Crippen LogP contribution in [0.2, 0.25) is 0 Å². The number of fused-ring (bicyclic) bond motifs is 3. The molecule has 2 heterocycles. The molecule has 2 atom stereocenters. The van der Waals surface area contributed by atoms with Crippen LogP contribution in [0.1, 0.15) is 29.0 Å². The third-order valence-electron chi connectivity index (χ3n) is 6.17. The van der Waals surface area contributed by atoms with Gasteiger partial charge in [-0.2, -0.15) is 0 Å². The van der Waals surface area contributed by atoms with Gasteiger partial charge in [-0.15, -0.1) is 0 Å². The summed E-state index contributed by atoms with van der Waals surface area (Å²) in [7, 11) is 5.12. The number of ether oxygens (including phenoxy) is 3. The maximum Gasteiger partial charge on any atom is 0.161 e. The number of nitrogens with one attached hydrogen (secondary N) is 1. The van der Waals surface area contributed by atoms with E-state index in [0.717, 1.165) is 49.8 Å². The van der Waals surface area contributed by atoms with Crippen LogP contribution in [-0.4, -0.2) is 51.9 Å². The van der Waals surface area contributed by atoms with Gasteiger partial charge in [0.2, 0.25) is 0 Å². The number of nitrogens with zero attached hydrogens (tertiary/aromatic N) is 1. The fraction of sp³-hybridized carbons (Fsp3) is 0.478. The Kier molecular flexibility index (Phi) is 5.74. The number of hydrogen-bond donors (Lipinski definition) is 1. The van der Waals surface area contributed by atoms with Crippen LogP contribution in [0.3, 0.4) is 0 Å². The van der Waals surface area contributed by atoms with Crippen LogP contribution in [0.25, 0.3) is 0 Å². The molecule has 2 unspecified atom stereocenters. The summed E-state index contributed by atoms with van der Waals surface area (Å²) in [4.78, 5) is 2.59. The zero-order chi connectivity index (χ0) is 19.5. The zero-order valence-corrected chi connectivity index (χ0v) is 17.0. The van der Waals surface area contributed by atoms with E-state index in [2.05, 4.69) is 34.5 Å². The van der Waals surface area contributed by atoms with Gasteiger partial charge in [-0.05, 0) is 60.3 Å². The molecule has 0 radical (unpaired) electrons. The molecule has 0 bridgehead atoms. The van der Waals surface area contributed by atoms with E-state index in [1.807, 2.05) is 12.1 Å². The molecule has 2 aromatic rings. The molecular weight excluding hydrogens is 352 g/mol. The predicted molar refractivity (Wildman–Crippen MR) is 111 cm³/mol. The molecule has 2 aromatic carbocycles. The van der Waals surface area contributed by atoms with Crippen molar-refractivity contribution in [2.45, 2.75) is 31.3 Å². The van der Waals surface area contributed by atoms with Crippen LogP contribution in [0.4, 0.5) is 0 Å². The molecule has 1 saturated heterocycles. The van der Waals surface area contributed by atoms with Gasteiger partial charge in [0.25, 0.3) is 0 Å². The van der Waals surface area contributed by atoms with Gasteiger partial charge in [-0.25, -0.2) is 0 Å². The first-order valence-electron chi connectivity index (χ1n) is 10.0. The predicted octanol–water partition coefficient (Wildman–Crippen LogP) is 3.22. The molecule has 0 amide bonds. The molecule has 5 heteroatoms. The summed E-state index contributed by atoms with van der Waals surface area (Å²) in [6.45, 7) is 4.21. The van der Waals surface area contributed by atoms with Crippen molar-refractivity contribution in [3.8, 4) is 17.2 Å². The lowest BCUT2D eigenvalue weighted by molar-refractivity contribution is 0.165. The number of piperidine rings is 1. The van der Waals surface area contributed by atoms with Crippen molar-refractivity contribution >= 4 is 0 Å². The summed E-state index contributed by atoms with van der Waals surface area (Å²) in [6.07, 6.45) is 2.24. The highest BCUT2D eigenvalue weighted by Crippen LogP contribution is 2.40. The molecule has 5 nitrogen and oxygen atoms in total. The monoisotopic (exact) mass is 382 g/mol. The Labute approximate surface area is 167 Å². The highest BCUT2D eigenvalue weighted by atomic mass is 16.5. The number of methoxy groups -OCH3 is 3. The van der Waals surface area contributed by atoms with Crippen molar-refractivity contribution < 1.29 is 14.2 Å². The van der Waals surface area contributed by atoms with Gasteiger partial charge in [-0.1, -0.05) is 12.1 Å². The maximum absolute atomic E-state index is 5.54. The number of rotatable bonds is 6. The second-order valence-corrected chi connectivity index (χ2v) is 7.69. The summed E-state index contributed by atoms with van der Waals surface area (Å²) >= 11 is 0. The standard InChI is InChI=1S/C23H30N2O3/c1-26-18-6-4-16(5-7-18)8-10-25-11-9-19-20-13-23(28-3)22(27-2)12-17(20)14-24-21(19)15-25/h4-7,12-13,19,21,24H,8-11,14-15H2,1-3H3. The molecule has 150 valence electrons. The average molecular weight is 383 g/mol. The minimum Gasteiger partial charge on any atom is -0.497 e. The van der Waals surface area contributed by atoms with Gasteiger partial charge in [-0.3, -0.25) is 0 Å². The molecule has 0 aromatic heterocycles. The van der Waals surface area contributed by atoms with E-state index in [9.17, 15) is 0 Å². The average Bonchev–Trinajstić information content (AvgIpc) is 2.76. The fourth-order valence-electron chi connectivity index (χ4n) is 4.56. The Balaban J connectivity index is 1.40. The van der Waals surface area contributed by atoms with Crippen LogP contribution in [0.5, 0.6) is 17.2 Å². The third-order valence-corrected chi connectivity index (χ3v) is 6.17. The van der Waals surface area contributed by atoms with E-state index in [1.54, 1.807) is 21.3 Å². The summed E-state index contributed by atoms with van der Waals surface area (Å²) < 4.78 is 16.3. The second kappa shape index (κ2) is 8.41. The topological polar surface area (TPSA) is 43.0 Å². The lowest BCUT2D eigenvalue weighted by Crippen LogP contribution is -2.52. The van der Waals surface area contributed by atoms with Crippen molar-refractivity contribution in [2.24, 2.45) is 0 Å². The van der Waals surface area contributed by atoms with E-state index in [4.69, 9.17) is 14.2 Å². The lowest BCUT2D eigenvalue weighted by Gasteiger charge is -2.43. The van der Waals surface area contributed by atoms with Crippen molar-refractivity contribution in [1.82, 2.24) is 10.2 Å². The molecule has 0 saturated carbocycles. The Hall–Kier alpha value is -2.24. The first kappa shape index (κ1) is 19.1. The summed E-state index contributed by atoms with van der Waals surface area (Å²) in [5.41, 5.74) is 4.13. The number of benzene rings is 2. The van der Waals surface area contributed by atoms with Crippen LogP contribution in [-0.2, 0) is 13.0 Å². The molecule has 2 aliphatic heterocycles. The van der Waals surface area contributed by atoms with Crippen molar-refractivity contribution in [3.05, 3.63) is 53.1 Å². The molecule has 28 heavy (non-hydrogen) atoms. The van der Waals surface area contributed by atoms with E-state index in [-0.39, 0.29) is 0 Å². The molecule has 1 N–H and O–H groups in total. The van der Waals surface area contributed by atoms with E-state index < -0.39 is 0 Å². The zero-order valence-electron chi connectivity index (χ0n) is 17.0. The summed E-state index contributed by atoms with van der Waals surface area (Å²) in [5.74, 6) is 3.12. The van der Waals surface area contributed by atoms with Gasteiger partial charge in [0.15, 0.2) is 11.5 Å². The quantitative estimate of drug-likeness (QED) is 0.831. The Morgan fingerprint density at radius 3 is 2.46 bits per heavy atom.